The summed E-state index contributed by atoms with van der Waals surface area (Å²) in [5, 5.41) is 14.0. The van der Waals surface area contributed by atoms with E-state index in [0.717, 1.165) is 10.9 Å². The van der Waals surface area contributed by atoms with Gasteiger partial charge in [0.05, 0.1) is 16.9 Å². The maximum absolute atomic E-state index is 11.3. The van der Waals surface area contributed by atoms with Gasteiger partial charge in [0.25, 0.3) is 5.69 Å². The Morgan fingerprint density at radius 3 is 2.94 bits per heavy atom. The van der Waals surface area contributed by atoms with Crippen LogP contribution in [0.5, 0.6) is 0 Å². The maximum Gasteiger partial charge on any atom is 0.271 e. The number of hydrogen-bond acceptors (Lipinski definition) is 3. The highest BCUT2D eigenvalue weighted by Gasteiger charge is 2.11. The number of fused-ring (bicyclic) bond motifs is 1. The fraction of sp³-hybridized carbons (Fsp3) is 0.182. The summed E-state index contributed by atoms with van der Waals surface area (Å²) in [5.41, 5.74) is 1.53. The average molecular weight is 233 g/mol. The zero-order valence-electron chi connectivity index (χ0n) is 9.19. The summed E-state index contributed by atoms with van der Waals surface area (Å²) in [6, 6.07) is 4.55. The van der Waals surface area contributed by atoms with Crippen LogP contribution in [0.3, 0.4) is 0 Å². The number of nitro benzene ring substituents is 1. The molecule has 0 spiro atoms. The lowest BCUT2D eigenvalue weighted by atomic mass is 10.1. The molecule has 2 rings (SSSR count). The topological polar surface area (TPSA) is 88.0 Å². The summed E-state index contributed by atoms with van der Waals surface area (Å²) in [4.78, 5) is 24.4. The van der Waals surface area contributed by atoms with E-state index in [1.807, 2.05) is 0 Å². The summed E-state index contributed by atoms with van der Waals surface area (Å²) in [6.45, 7) is 0. The van der Waals surface area contributed by atoms with Gasteiger partial charge < -0.3 is 10.3 Å². The van der Waals surface area contributed by atoms with E-state index in [2.05, 4.69) is 10.3 Å². The highest BCUT2D eigenvalue weighted by atomic mass is 16.6. The smallest absolute Gasteiger partial charge is 0.271 e. The van der Waals surface area contributed by atoms with Crippen molar-refractivity contribution in [2.45, 2.75) is 6.42 Å². The Hall–Kier alpha value is -2.37. The molecule has 2 N–H and O–H groups in total. The van der Waals surface area contributed by atoms with Gasteiger partial charge in [0, 0.05) is 30.8 Å². The number of hydrogen-bond donors (Lipinski definition) is 2. The highest BCUT2D eigenvalue weighted by molar-refractivity contribution is 5.89. The molecule has 0 saturated heterocycles. The second kappa shape index (κ2) is 4.25. The lowest BCUT2D eigenvalue weighted by molar-refractivity contribution is -0.384. The van der Waals surface area contributed by atoms with E-state index in [1.165, 1.54) is 12.1 Å². The largest absolute Gasteiger partial charge is 0.361 e. The van der Waals surface area contributed by atoms with Gasteiger partial charge in [-0.25, -0.2) is 0 Å². The van der Waals surface area contributed by atoms with Crippen molar-refractivity contribution in [1.29, 1.82) is 0 Å². The molecule has 0 saturated carbocycles. The van der Waals surface area contributed by atoms with Crippen molar-refractivity contribution in [3.8, 4) is 0 Å². The van der Waals surface area contributed by atoms with Crippen LogP contribution < -0.4 is 5.32 Å². The van der Waals surface area contributed by atoms with E-state index in [0.29, 0.717) is 5.52 Å². The third-order valence-corrected chi connectivity index (χ3v) is 2.59. The second-order valence-corrected chi connectivity index (χ2v) is 3.65. The molecule has 1 aromatic heterocycles. The molecule has 1 heterocycles. The number of amides is 1. The normalized spacial score (nSPS) is 10.4. The first-order valence-corrected chi connectivity index (χ1v) is 5.07. The molecule has 2 aromatic rings. The van der Waals surface area contributed by atoms with Crippen molar-refractivity contribution in [3.05, 3.63) is 40.1 Å². The Morgan fingerprint density at radius 1 is 1.53 bits per heavy atom. The fourth-order valence-corrected chi connectivity index (χ4v) is 1.70. The van der Waals surface area contributed by atoms with Gasteiger partial charge in [0.15, 0.2) is 0 Å². The van der Waals surface area contributed by atoms with Gasteiger partial charge in [-0.3, -0.25) is 14.9 Å². The summed E-state index contributed by atoms with van der Waals surface area (Å²) in [6.07, 6.45) is 1.96. The van der Waals surface area contributed by atoms with Crippen molar-refractivity contribution >= 4 is 22.5 Å². The van der Waals surface area contributed by atoms with Crippen LogP contribution in [0.25, 0.3) is 10.9 Å². The van der Waals surface area contributed by atoms with Crippen molar-refractivity contribution < 1.29 is 9.72 Å². The van der Waals surface area contributed by atoms with Crippen LogP contribution in [0.15, 0.2) is 24.4 Å². The van der Waals surface area contributed by atoms with E-state index in [9.17, 15) is 14.9 Å². The molecule has 0 atom stereocenters. The van der Waals surface area contributed by atoms with Crippen LogP contribution in [0, 0.1) is 10.1 Å². The zero-order chi connectivity index (χ0) is 12.4. The van der Waals surface area contributed by atoms with Crippen LogP contribution in [0.2, 0.25) is 0 Å². The minimum absolute atomic E-state index is 0.0332. The van der Waals surface area contributed by atoms with Crippen molar-refractivity contribution in [1.82, 2.24) is 10.3 Å². The van der Waals surface area contributed by atoms with E-state index in [-0.39, 0.29) is 18.0 Å². The number of likely N-dealkylation sites (N-methyl/N-ethyl adjacent to an activating group) is 1. The molecule has 0 radical (unpaired) electrons. The molecule has 6 heteroatoms. The molecular weight excluding hydrogens is 222 g/mol. The molecule has 0 bridgehead atoms. The highest BCUT2D eigenvalue weighted by Crippen LogP contribution is 2.23. The van der Waals surface area contributed by atoms with Gasteiger partial charge in [0.1, 0.15) is 0 Å². The van der Waals surface area contributed by atoms with Gasteiger partial charge in [-0.15, -0.1) is 0 Å². The van der Waals surface area contributed by atoms with Crippen molar-refractivity contribution in [2.75, 3.05) is 7.05 Å². The first-order valence-electron chi connectivity index (χ1n) is 5.07. The molecular formula is C11H11N3O3. The van der Waals surface area contributed by atoms with Crippen LogP contribution in [0.4, 0.5) is 5.69 Å². The van der Waals surface area contributed by atoms with Crippen LogP contribution >= 0.6 is 0 Å². The van der Waals surface area contributed by atoms with Crippen LogP contribution in [-0.4, -0.2) is 22.9 Å². The number of aromatic amines is 1. The Labute approximate surface area is 96.8 Å². The lowest BCUT2D eigenvalue weighted by Gasteiger charge is -1.98. The number of rotatable bonds is 3. The van der Waals surface area contributed by atoms with E-state index in [4.69, 9.17) is 0 Å². The quantitative estimate of drug-likeness (QED) is 0.619. The van der Waals surface area contributed by atoms with E-state index in [1.54, 1.807) is 19.3 Å². The number of H-pyrrole nitrogens is 1. The third kappa shape index (κ3) is 2.10. The van der Waals surface area contributed by atoms with Gasteiger partial charge in [-0.05, 0) is 11.6 Å². The SMILES string of the molecule is CNC(=O)Cc1c[nH]c2cc([N+](=O)[O-])ccc12. The Bertz CT molecular complexity index is 589. The summed E-state index contributed by atoms with van der Waals surface area (Å²) >= 11 is 0. The number of nitro groups is 1. The van der Waals surface area contributed by atoms with Gasteiger partial charge >= 0.3 is 0 Å². The van der Waals surface area contributed by atoms with Crippen molar-refractivity contribution in [2.24, 2.45) is 0 Å². The molecule has 0 aliphatic rings. The second-order valence-electron chi connectivity index (χ2n) is 3.65. The first kappa shape index (κ1) is 11.1. The summed E-state index contributed by atoms with van der Waals surface area (Å²) in [7, 11) is 1.57. The van der Waals surface area contributed by atoms with E-state index < -0.39 is 4.92 Å². The number of nitrogens with one attached hydrogen (secondary N) is 2. The molecule has 0 unspecified atom stereocenters. The van der Waals surface area contributed by atoms with Crippen molar-refractivity contribution in [3.63, 3.8) is 0 Å². The summed E-state index contributed by atoms with van der Waals surface area (Å²) < 4.78 is 0. The lowest BCUT2D eigenvalue weighted by Crippen LogP contribution is -2.19. The maximum atomic E-state index is 11.3. The Morgan fingerprint density at radius 2 is 2.29 bits per heavy atom. The number of aromatic nitrogens is 1. The third-order valence-electron chi connectivity index (χ3n) is 2.59. The standard InChI is InChI=1S/C11H11N3O3/c1-12-11(15)4-7-6-13-10-5-8(14(16)17)2-3-9(7)10/h2-3,5-6,13H,4H2,1H3,(H,12,15). The molecule has 1 aromatic carbocycles. The number of nitrogens with zero attached hydrogens (tertiary/aromatic N) is 1. The van der Waals surface area contributed by atoms with Crippen LogP contribution in [-0.2, 0) is 11.2 Å². The predicted molar refractivity (Wildman–Crippen MR) is 62.7 cm³/mol. The fourth-order valence-electron chi connectivity index (χ4n) is 1.70. The zero-order valence-corrected chi connectivity index (χ0v) is 9.19. The molecule has 88 valence electrons. The molecule has 6 nitrogen and oxygen atoms in total. The summed E-state index contributed by atoms with van der Waals surface area (Å²) in [5.74, 6) is -0.0933. The predicted octanol–water partition coefficient (Wildman–Crippen LogP) is 1.36. The Kier molecular flexibility index (Phi) is 2.78. The molecule has 17 heavy (non-hydrogen) atoms. The average Bonchev–Trinajstić information content (AvgIpc) is 2.71. The molecule has 0 fully saturated rings. The van der Waals surface area contributed by atoms with Crippen LogP contribution in [0.1, 0.15) is 5.56 Å². The Balaban J connectivity index is 2.41. The molecule has 1 amide bonds. The van der Waals surface area contributed by atoms with E-state index >= 15 is 0 Å². The van der Waals surface area contributed by atoms with Gasteiger partial charge in [-0.1, -0.05) is 0 Å². The monoisotopic (exact) mass is 233 g/mol. The number of benzene rings is 1. The van der Waals surface area contributed by atoms with Gasteiger partial charge in [0.2, 0.25) is 5.91 Å². The minimum atomic E-state index is -0.446. The number of non-ortho nitro benzene ring substituents is 1. The first-order chi connectivity index (χ1) is 8.11. The van der Waals surface area contributed by atoms with Gasteiger partial charge in [-0.2, -0.15) is 0 Å². The molecule has 0 aliphatic heterocycles. The number of carbonyl (C=O) groups excluding carboxylic acids is 1. The minimum Gasteiger partial charge on any atom is -0.361 e. The number of carbonyl (C=O) groups is 1. The molecule has 0 aliphatic carbocycles.